The van der Waals surface area contributed by atoms with Gasteiger partial charge in [-0.3, -0.25) is 0 Å². The van der Waals surface area contributed by atoms with E-state index >= 15 is 0 Å². The molecule has 0 saturated carbocycles. The molecule has 0 heterocycles. The molecular formula is C12H20CoK2O14. The molecule has 0 aliphatic rings. The minimum Gasteiger partial charge on any atom is -0.851 e. The topological polar surface area (TPSA) is 288 Å². The van der Waals surface area contributed by atoms with Crippen LogP contribution < -0.4 is 123 Å². The van der Waals surface area contributed by atoms with E-state index < -0.39 is 74.0 Å². The molecule has 163 valence electrons. The zero-order valence-electron chi connectivity index (χ0n) is 15.4. The van der Waals surface area contributed by atoms with Gasteiger partial charge in [0.1, 0.15) is 30.5 Å². The van der Waals surface area contributed by atoms with E-state index in [9.17, 15) is 30.0 Å². The average Bonchev–Trinajstić information content (AvgIpc) is 2.62. The third-order valence-corrected chi connectivity index (χ3v) is 2.94. The van der Waals surface area contributed by atoms with Crippen LogP contribution in [0.2, 0.25) is 0 Å². The fraction of sp³-hybridized carbons (Fsp3) is 0.833. The Morgan fingerprint density at radius 1 is 0.690 bits per heavy atom. The number of carbonyl (C=O) groups excluding carboxylic acids is 2. The zero-order valence-corrected chi connectivity index (χ0v) is 22.7. The Hall–Kier alpha value is 2.32. The number of carboxylic acids is 2. The third kappa shape index (κ3) is 16.6. The maximum absolute atomic E-state index is 10.7. The number of carboxylic acid groups (broad SMARTS) is 2. The second kappa shape index (κ2) is 22.1. The van der Waals surface area contributed by atoms with Crippen LogP contribution in [0.1, 0.15) is 0 Å². The molecule has 0 amide bonds. The molecule has 0 aromatic rings. The first-order valence-electron chi connectivity index (χ1n) is 6.86. The molecule has 8 atom stereocenters. The first kappa shape index (κ1) is 41.6. The molecule has 17 heteroatoms. The summed E-state index contributed by atoms with van der Waals surface area (Å²) in [6, 6.07) is 0. The summed E-state index contributed by atoms with van der Waals surface area (Å²) >= 11 is 0. The Morgan fingerprint density at radius 2 is 1.03 bits per heavy atom. The summed E-state index contributed by atoms with van der Waals surface area (Å²) in [5.74, 6) is -4.12. The van der Waals surface area contributed by atoms with Gasteiger partial charge < -0.3 is 70.9 Å². The quantitative estimate of drug-likeness (QED) is 0.123. The van der Waals surface area contributed by atoms with Crippen molar-refractivity contribution in [1.82, 2.24) is 0 Å². The Morgan fingerprint density at radius 3 is 1.31 bits per heavy atom. The van der Waals surface area contributed by atoms with Crippen molar-refractivity contribution in [2.45, 2.75) is 48.8 Å². The Kier molecular flexibility index (Phi) is 31.7. The Bertz CT molecular complexity index is 395. The molecule has 0 aromatic heterocycles. The number of aliphatic hydroxyl groups is 8. The van der Waals surface area contributed by atoms with E-state index in [-0.39, 0.29) is 120 Å². The molecule has 0 aliphatic heterocycles. The number of aliphatic hydroxyl groups excluding tert-OH is 8. The van der Waals surface area contributed by atoms with Crippen LogP contribution in [0.5, 0.6) is 0 Å². The Balaban J connectivity index is -0.000000120. The van der Waals surface area contributed by atoms with E-state index in [4.69, 9.17) is 40.9 Å². The van der Waals surface area contributed by atoms with Crippen molar-refractivity contribution >= 4 is 11.9 Å². The van der Waals surface area contributed by atoms with Gasteiger partial charge in [0, 0.05) is 5.97 Å². The van der Waals surface area contributed by atoms with Crippen LogP contribution in [0.4, 0.5) is 0 Å². The first-order chi connectivity index (χ1) is 11.8. The summed E-state index contributed by atoms with van der Waals surface area (Å²) in [5.41, 5.74) is 0. The summed E-state index contributed by atoms with van der Waals surface area (Å²) in [6.07, 6.45) is -17.2. The second-order valence-electron chi connectivity index (χ2n) is 4.94. The summed E-state index contributed by atoms with van der Waals surface area (Å²) in [5, 5.41) is 110. The molecular weight excluding hydrogens is 505 g/mol. The van der Waals surface area contributed by atoms with Crippen molar-refractivity contribution in [1.29, 1.82) is 0 Å². The third-order valence-electron chi connectivity index (χ3n) is 2.94. The van der Waals surface area contributed by atoms with Crippen LogP contribution in [-0.2, 0) is 26.4 Å². The molecule has 0 bridgehead atoms. The van der Waals surface area contributed by atoms with Crippen molar-refractivity contribution in [3.63, 3.8) is 0 Å². The van der Waals surface area contributed by atoms with Crippen LogP contribution in [-0.4, -0.2) is 115 Å². The van der Waals surface area contributed by atoms with Gasteiger partial charge in [-0.25, -0.2) is 0 Å². The molecule has 1 radical (unpaired) electrons. The van der Waals surface area contributed by atoms with Gasteiger partial charge in [0.2, 0.25) is 0 Å². The molecule has 0 fully saturated rings. The molecule has 14 nitrogen and oxygen atoms in total. The second-order valence-corrected chi connectivity index (χ2v) is 4.94. The average molecular weight is 525 g/mol. The monoisotopic (exact) mass is 525 g/mol. The maximum Gasteiger partial charge on any atom is 2.00 e. The van der Waals surface area contributed by atoms with Gasteiger partial charge in [-0.15, -0.1) is 6.10 Å². The molecule has 0 aliphatic carbocycles. The number of hydrogen-bond donors (Lipinski definition) is 8. The van der Waals surface area contributed by atoms with Crippen LogP contribution >= 0.6 is 0 Å². The van der Waals surface area contributed by atoms with Crippen molar-refractivity contribution in [3.8, 4) is 0 Å². The van der Waals surface area contributed by atoms with E-state index in [1.807, 2.05) is 0 Å². The van der Waals surface area contributed by atoms with Crippen LogP contribution in [0.15, 0.2) is 0 Å². The summed E-state index contributed by atoms with van der Waals surface area (Å²) in [4.78, 5) is 19.9. The molecule has 0 saturated heterocycles. The number of aliphatic carboxylic acids is 2. The van der Waals surface area contributed by atoms with E-state index in [1.165, 1.54) is 0 Å². The van der Waals surface area contributed by atoms with Gasteiger partial charge >= 0.3 is 120 Å². The Labute approximate surface area is 260 Å². The smallest absolute Gasteiger partial charge is 0.851 e. The van der Waals surface area contributed by atoms with Crippen LogP contribution in [0, 0.1) is 0 Å². The van der Waals surface area contributed by atoms with E-state index in [0.29, 0.717) is 0 Å². The fourth-order valence-electron chi connectivity index (χ4n) is 1.30. The predicted octanol–water partition coefficient (Wildman–Crippen LogP) is -16.9. The van der Waals surface area contributed by atoms with E-state index in [0.717, 1.165) is 0 Å². The summed E-state index contributed by atoms with van der Waals surface area (Å²) in [7, 11) is 0. The SMILES string of the molecule is O=C([O-])[C@H](O)[C@@H](O)[C@H](O)[C@H](O)CO.O=C([O-])[C@H]([O-])[C@@H]([O-])[C@H](O)[C@H](O)CO.[Co+2].[K+].[K+]. The van der Waals surface area contributed by atoms with Crippen molar-refractivity contribution in [2.24, 2.45) is 0 Å². The van der Waals surface area contributed by atoms with Gasteiger partial charge in [0.25, 0.3) is 0 Å². The maximum atomic E-state index is 10.7. The number of carbonyl (C=O) groups is 2. The molecule has 0 aromatic carbocycles. The van der Waals surface area contributed by atoms with Gasteiger partial charge in [0.05, 0.1) is 25.3 Å². The minimum atomic E-state index is -2.67. The number of hydrogen-bond acceptors (Lipinski definition) is 14. The van der Waals surface area contributed by atoms with E-state index in [1.54, 1.807) is 0 Å². The van der Waals surface area contributed by atoms with Gasteiger partial charge in [-0.1, -0.05) is 6.10 Å². The molecule has 0 unspecified atom stereocenters. The van der Waals surface area contributed by atoms with Crippen molar-refractivity contribution < 1.29 is 190 Å². The van der Waals surface area contributed by atoms with Crippen LogP contribution in [0.3, 0.4) is 0 Å². The molecule has 8 N–H and O–H groups in total. The minimum absolute atomic E-state index is 0. The largest absolute Gasteiger partial charge is 2.00 e. The first-order valence-corrected chi connectivity index (χ1v) is 6.86. The van der Waals surface area contributed by atoms with Gasteiger partial charge in [-0.2, -0.15) is 0 Å². The van der Waals surface area contributed by atoms with Crippen molar-refractivity contribution in [3.05, 3.63) is 0 Å². The van der Waals surface area contributed by atoms with Crippen LogP contribution in [0.25, 0.3) is 0 Å². The summed E-state index contributed by atoms with van der Waals surface area (Å²) < 4.78 is 0. The zero-order chi connectivity index (χ0) is 21.2. The molecule has 0 rings (SSSR count). The number of rotatable bonds is 10. The van der Waals surface area contributed by atoms with Crippen molar-refractivity contribution in [2.75, 3.05) is 13.2 Å². The molecule has 0 spiro atoms. The normalized spacial score (nSPS) is 18.3. The van der Waals surface area contributed by atoms with Gasteiger partial charge in [0.15, 0.2) is 0 Å². The predicted molar refractivity (Wildman–Crippen MR) is 67.8 cm³/mol. The molecule has 29 heavy (non-hydrogen) atoms. The summed E-state index contributed by atoms with van der Waals surface area (Å²) in [6.45, 7) is -1.79. The van der Waals surface area contributed by atoms with E-state index in [2.05, 4.69) is 0 Å². The standard InChI is InChI=1S/C6H12O7.C6H10O7.Co.2K/c2*7-1-2(8)3(9)4(10)5(11)6(12)13;;;/h2-5,7-11H,1H2,(H,12,13);2-5,7-9H,1H2,(H,12,13);;;/q;-2;+2;2*+1/p-2/t2*2-,3-,4+,5-;;;/m11.../s1. The fourth-order valence-corrected chi connectivity index (χ4v) is 1.30. The van der Waals surface area contributed by atoms with Gasteiger partial charge in [-0.05, 0) is 0 Å².